The number of halogens is 1. The van der Waals surface area contributed by atoms with Crippen molar-refractivity contribution in [1.82, 2.24) is 4.98 Å². The second-order valence-electron chi connectivity index (χ2n) is 3.54. The van der Waals surface area contributed by atoms with Crippen LogP contribution in [0, 0.1) is 0 Å². The number of carbonyl (C=O) groups excluding carboxylic acids is 1. The predicted molar refractivity (Wildman–Crippen MR) is 72.9 cm³/mol. The third-order valence-electron chi connectivity index (χ3n) is 2.35. The molecule has 1 amide bonds. The van der Waals surface area contributed by atoms with Crippen LogP contribution in [0.5, 0.6) is 5.75 Å². The van der Waals surface area contributed by atoms with Crippen molar-refractivity contribution in [2.24, 2.45) is 0 Å². The lowest BCUT2D eigenvalue weighted by Gasteiger charge is -2.07. The highest BCUT2D eigenvalue weighted by Gasteiger charge is 2.08. The van der Waals surface area contributed by atoms with Crippen molar-refractivity contribution >= 4 is 27.5 Å². The number of hydrogen-bond acceptors (Lipinski definition) is 3. The van der Waals surface area contributed by atoms with Crippen LogP contribution in [0.3, 0.4) is 0 Å². The highest BCUT2D eigenvalue weighted by molar-refractivity contribution is 9.10. The highest BCUT2D eigenvalue weighted by atomic mass is 79.9. The van der Waals surface area contributed by atoms with Gasteiger partial charge in [-0.1, -0.05) is 6.07 Å². The summed E-state index contributed by atoms with van der Waals surface area (Å²) in [6, 6.07) is 8.70. The van der Waals surface area contributed by atoms with Crippen LogP contribution in [0.2, 0.25) is 0 Å². The van der Waals surface area contributed by atoms with Gasteiger partial charge in [-0.2, -0.15) is 0 Å². The minimum atomic E-state index is -0.194. The van der Waals surface area contributed by atoms with Gasteiger partial charge in [0.05, 0.1) is 17.3 Å². The number of methoxy groups -OCH3 is 1. The minimum Gasteiger partial charge on any atom is -0.497 e. The number of aromatic nitrogens is 1. The van der Waals surface area contributed by atoms with Gasteiger partial charge in [-0.25, -0.2) is 0 Å². The largest absolute Gasteiger partial charge is 0.497 e. The van der Waals surface area contributed by atoms with E-state index in [4.69, 9.17) is 4.74 Å². The molecule has 0 radical (unpaired) electrons. The summed E-state index contributed by atoms with van der Waals surface area (Å²) in [5, 5.41) is 2.80. The summed E-state index contributed by atoms with van der Waals surface area (Å²) in [6.45, 7) is 0. The molecule has 0 saturated heterocycles. The average molecular weight is 307 g/mol. The minimum absolute atomic E-state index is 0.194. The molecule has 0 saturated carbocycles. The summed E-state index contributed by atoms with van der Waals surface area (Å²) in [4.78, 5) is 16.0. The normalized spacial score (nSPS) is 9.89. The third kappa shape index (κ3) is 2.87. The lowest BCUT2D eigenvalue weighted by Crippen LogP contribution is -2.12. The van der Waals surface area contributed by atoms with E-state index in [1.807, 2.05) is 0 Å². The molecule has 4 nitrogen and oxygen atoms in total. The van der Waals surface area contributed by atoms with Crippen molar-refractivity contribution in [3.05, 3.63) is 52.8 Å². The molecule has 5 heteroatoms. The molecule has 1 heterocycles. The Morgan fingerprint density at radius 1 is 1.39 bits per heavy atom. The first-order chi connectivity index (χ1) is 8.70. The summed E-state index contributed by atoms with van der Waals surface area (Å²) in [5.74, 6) is 0.456. The quantitative estimate of drug-likeness (QED) is 0.948. The third-order valence-corrected chi connectivity index (χ3v) is 2.98. The van der Waals surface area contributed by atoms with E-state index in [9.17, 15) is 4.79 Å². The highest BCUT2D eigenvalue weighted by Crippen LogP contribution is 2.21. The molecule has 92 valence electrons. The maximum Gasteiger partial charge on any atom is 0.255 e. The zero-order valence-corrected chi connectivity index (χ0v) is 11.3. The molecule has 0 aliphatic rings. The number of nitrogens with one attached hydrogen (secondary N) is 1. The molecule has 0 fully saturated rings. The van der Waals surface area contributed by atoms with Crippen LogP contribution in [-0.4, -0.2) is 18.0 Å². The number of amides is 1. The average Bonchev–Trinajstić information content (AvgIpc) is 2.41. The molecule has 0 aliphatic carbocycles. The Hall–Kier alpha value is -1.88. The molecule has 0 bridgehead atoms. The van der Waals surface area contributed by atoms with E-state index in [1.54, 1.807) is 49.8 Å². The number of benzene rings is 1. The number of hydrogen-bond donors (Lipinski definition) is 1. The molecule has 2 aromatic rings. The molecule has 2 rings (SSSR count). The monoisotopic (exact) mass is 306 g/mol. The fourth-order valence-corrected chi connectivity index (χ4v) is 1.78. The van der Waals surface area contributed by atoms with E-state index in [0.717, 1.165) is 4.47 Å². The van der Waals surface area contributed by atoms with Gasteiger partial charge in [-0.05, 0) is 40.2 Å². The van der Waals surface area contributed by atoms with Crippen molar-refractivity contribution in [1.29, 1.82) is 0 Å². The van der Waals surface area contributed by atoms with Crippen molar-refractivity contribution < 1.29 is 9.53 Å². The van der Waals surface area contributed by atoms with Gasteiger partial charge >= 0.3 is 0 Å². The summed E-state index contributed by atoms with van der Waals surface area (Å²) in [7, 11) is 1.57. The van der Waals surface area contributed by atoms with E-state index in [0.29, 0.717) is 17.0 Å². The Morgan fingerprint density at radius 2 is 2.22 bits per heavy atom. The van der Waals surface area contributed by atoms with E-state index in [-0.39, 0.29) is 5.91 Å². The first-order valence-corrected chi connectivity index (χ1v) is 6.05. The number of ether oxygens (including phenoxy) is 1. The number of rotatable bonds is 3. The molecule has 18 heavy (non-hydrogen) atoms. The molecule has 0 aliphatic heterocycles. The zero-order chi connectivity index (χ0) is 13.0. The fraction of sp³-hybridized carbons (Fsp3) is 0.0769. The molecule has 0 spiro atoms. The van der Waals surface area contributed by atoms with E-state index < -0.39 is 0 Å². The molecule has 0 atom stereocenters. The van der Waals surface area contributed by atoms with Gasteiger partial charge in [0.15, 0.2) is 0 Å². The maximum atomic E-state index is 12.0. The van der Waals surface area contributed by atoms with Gasteiger partial charge in [0.1, 0.15) is 5.75 Å². The van der Waals surface area contributed by atoms with Crippen LogP contribution in [0.15, 0.2) is 47.2 Å². The summed E-state index contributed by atoms with van der Waals surface area (Å²) in [5.41, 5.74) is 1.22. The predicted octanol–water partition coefficient (Wildman–Crippen LogP) is 3.11. The molecule has 1 aromatic carbocycles. The van der Waals surface area contributed by atoms with Gasteiger partial charge in [0, 0.05) is 18.0 Å². The maximum absolute atomic E-state index is 12.0. The molecular formula is C13H11BrN2O2. The summed E-state index contributed by atoms with van der Waals surface area (Å²) in [6.07, 6.45) is 3.24. The first-order valence-electron chi connectivity index (χ1n) is 5.25. The van der Waals surface area contributed by atoms with E-state index in [2.05, 4.69) is 26.2 Å². The van der Waals surface area contributed by atoms with Crippen LogP contribution in [-0.2, 0) is 0 Å². The molecule has 1 N–H and O–H groups in total. The smallest absolute Gasteiger partial charge is 0.255 e. The first kappa shape index (κ1) is 12.6. The second-order valence-corrected chi connectivity index (χ2v) is 4.40. The lowest BCUT2D eigenvalue weighted by molar-refractivity contribution is 0.102. The van der Waals surface area contributed by atoms with Crippen LogP contribution >= 0.6 is 15.9 Å². The zero-order valence-electron chi connectivity index (χ0n) is 9.68. The van der Waals surface area contributed by atoms with Gasteiger partial charge in [0.2, 0.25) is 0 Å². The number of pyridine rings is 1. The molecule has 1 aromatic heterocycles. The van der Waals surface area contributed by atoms with Crippen LogP contribution in [0.4, 0.5) is 5.69 Å². The Kier molecular flexibility index (Phi) is 3.94. The Bertz CT molecular complexity index is 572. The summed E-state index contributed by atoms with van der Waals surface area (Å²) < 4.78 is 5.82. The van der Waals surface area contributed by atoms with Crippen LogP contribution < -0.4 is 10.1 Å². The van der Waals surface area contributed by atoms with Crippen LogP contribution in [0.1, 0.15) is 10.4 Å². The standard InChI is InChI=1S/C13H11BrN2O2/c1-18-10-4-2-3-9(7-10)13(17)16-12-5-6-15-8-11(12)14/h2-8H,1H3,(H,15,16,17). The van der Waals surface area contributed by atoms with Crippen molar-refractivity contribution in [2.75, 3.05) is 12.4 Å². The van der Waals surface area contributed by atoms with Gasteiger partial charge in [-0.3, -0.25) is 9.78 Å². The fourth-order valence-electron chi connectivity index (χ4n) is 1.44. The van der Waals surface area contributed by atoms with Gasteiger partial charge in [-0.15, -0.1) is 0 Å². The van der Waals surface area contributed by atoms with Crippen LogP contribution in [0.25, 0.3) is 0 Å². The lowest BCUT2D eigenvalue weighted by atomic mass is 10.2. The Balaban J connectivity index is 2.19. The van der Waals surface area contributed by atoms with E-state index >= 15 is 0 Å². The molecular weight excluding hydrogens is 296 g/mol. The van der Waals surface area contributed by atoms with Crippen molar-refractivity contribution in [3.8, 4) is 5.75 Å². The Labute approximate surface area is 113 Å². The second kappa shape index (κ2) is 5.64. The SMILES string of the molecule is COc1cccc(C(=O)Nc2ccncc2Br)c1. The molecule has 0 unspecified atom stereocenters. The van der Waals surface area contributed by atoms with Gasteiger partial charge in [0.25, 0.3) is 5.91 Å². The van der Waals surface area contributed by atoms with Crippen molar-refractivity contribution in [2.45, 2.75) is 0 Å². The topological polar surface area (TPSA) is 51.2 Å². The summed E-state index contributed by atoms with van der Waals surface area (Å²) >= 11 is 3.32. The Morgan fingerprint density at radius 3 is 2.94 bits per heavy atom. The van der Waals surface area contributed by atoms with Gasteiger partial charge < -0.3 is 10.1 Å². The number of nitrogens with zero attached hydrogens (tertiary/aromatic N) is 1. The van der Waals surface area contributed by atoms with E-state index in [1.165, 1.54) is 0 Å². The number of anilines is 1. The van der Waals surface area contributed by atoms with Crippen molar-refractivity contribution in [3.63, 3.8) is 0 Å². The number of carbonyl (C=O) groups is 1.